The number of methoxy groups -OCH3 is 1. The Labute approximate surface area is 108 Å². The van der Waals surface area contributed by atoms with E-state index in [-0.39, 0.29) is 0 Å². The molecule has 0 aliphatic heterocycles. The summed E-state index contributed by atoms with van der Waals surface area (Å²) in [5.74, 6) is 0.517. The molecule has 0 saturated carbocycles. The molecule has 0 radical (unpaired) electrons. The Morgan fingerprint density at radius 3 is 2.88 bits per heavy atom. The molecule has 17 heavy (non-hydrogen) atoms. The third-order valence-electron chi connectivity index (χ3n) is 2.57. The minimum atomic E-state index is 0.517. The van der Waals surface area contributed by atoms with Crippen LogP contribution in [0.2, 0.25) is 0 Å². The Hall–Kier alpha value is -1.33. The summed E-state index contributed by atoms with van der Waals surface area (Å²) in [4.78, 5) is 0. The van der Waals surface area contributed by atoms with Crippen LogP contribution in [0.4, 0.5) is 5.82 Å². The molecule has 1 heterocycles. The Morgan fingerprint density at radius 2 is 2.18 bits per heavy atom. The molecule has 0 fully saturated rings. The van der Waals surface area contributed by atoms with Gasteiger partial charge in [0.05, 0.1) is 6.61 Å². The molecule has 0 atom stereocenters. The Kier molecular flexibility index (Phi) is 3.81. The van der Waals surface area contributed by atoms with Crippen molar-refractivity contribution in [3.8, 4) is 11.1 Å². The number of nitrogen functional groups attached to an aromatic ring is 1. The lowest BCUT2D eigenvalue weighted by molar-refractivity contribution is 0.201. The number of hydrogen-bond donors (Lipinski definition) is 2. The van der Waals surface area contributed by atoms with Crippen LogP contribution in [-0.4, -0.2) is 23.9 Å². The van der Waals surface area contributed by atoms with Crippen LogP contribution in [0.15, 0.2) is 28.7 Å². The molecule has 90 valence electrons. The molecule has 0 unspecified atom stereocenters. The maximum absolute atomic E-state index is 5.91. The minimum absolute atomic E-state index is 0.517. The van der Waals surface area contributed by atoms with Gasteiger partial charge in [0.15, 0.2) is 5.82 Å². The molecule has 3 N–H and O–H groups in total. The van der Waals surface area contributed by atoms with Gasteiger partial charge in [-0.15, -0.1) is 0 Å². The van der Waals surface area contributed by atoms with Gasteiger partial charge in [-0.1, -0.05) is 34.1 Å². The van der Waals surface area contributed by atoms with Gasteiger partial charge in [-0.3, -0.25) is 5.10 Å². The van der Waals surface area contributed by atoms with Gasteiger partial charge >= 0.3 is 0 Å². The van der Waals surface area contributed by atoms with E-state index in [1.54, 1.807) is 7.11 Å². The maximum Gasteiger partial charge on any atom is 0.153 e. The zero-order valence-corrected chi connectivity index (χ0v) is 11.1. The van der Waals surface area contributed by atoms with Crippen LogP contribution >= 0.6 is 15.9 Å². The molecule has 2 rings (SSSR count). The zero-order chi connectivity index (χ0) is 12.3. The first kappa shape index (κ1) is 12.1. The average molecular weight is 296 g/mol. The third kappa shape index (κ3) is 2.50. The smallest absolute Gasteiger partial charge is 0.153 e. The van der Waals surface area contributed by atoms with E-state index in [2.05, 4.69) is 26.1 Å². The number of nitrogens with zero attached hydrogens (tertiary/aromatic N) is 1. The van der Waals surface area contributed by atoms with E-state index in [9.17, 15) is 0 Å². The molecule has 0 saturated heterocycles. The number of halogens is 1. The van der Waals surface area contributed by atoms with Gasteiger partial charge in [0, 0.05) is 34.8 Å². The van der Waals surface area contributed by atoms with Crippen LogP contribution in [-0.2, 0) is 11.2 Å². The zero-order valence-electron chi connectivity index (χ0n) is 9.53. The molecule has 5 heteroatoms. The highest BCUT2D eigenvalue weighted by molar-refractivity contribution is 9.10. The summed E-state index contributed by atoms with van der Waals surface area (Å²) >= 11 is 3.53. The first-order chi connectivity index (χ1) is 8.24. The maximum atomic E-state index is 5.91. The van der Waals surface area contributed by atoms with E-state index in [0.717, 1.165) is 27.7 Å². The fourth-order valence-corrected chi connectivity index (χ4v) is 2.23. The van der Waals surface area contributed by atoms with Gasteiger partial charge in [0.1, 0.15) is 0 Å². The van der Waals surface area contributed by atoms with Crippen molar-refractivity contribution >= 4 is 21.7 Å². The second-order valence-electron chi connectivity index (χ2n) is 3.69. The first-order valence-corrected chi connectivity index (χ1v) is 6.10. The fraction of sp³-hybridized carbons (Fsp3) is 0.250. The summed E-state index contributed by atoms with van der Waals surface area (Å²) in [5.41, 5.74) is 8.91. The summed E-state index contributed by atoms with van der Waals surface area (Å²) in [6, 6.07) is 7.95. The number of hydrogen-bond acceptors (Lipinski definition) is 3. The molecule has 0 aliphatic carbocycles. The van der Waals surface area contributed by atoms with E-state index in [1.807, 2.05) is 24.3 Å². The number of ether oxygens (including phenoxy) is 1. The lowest BCUT2D eigenvalue weighted by atomic mass is 10.0. The number of benzene rings is 1. The number of aromatic nitrogens is 2. The van der Waals surface area contributed by atoms with Crippen LogP contribution in [0.25, 0.3) is 11.1 Å². The van der Waals surface area contributed by atoms with E-state index < -0.39 is 0 Å². The highest BCUT2D eigenvalue weighted by Crippen LogP contribution is 2.33. The number of aromatic amines is 1. The monoisotopic (exact) mass is 295 g/mol. The van der Waals surface area contributed by atoms with E-state index in [0.29, 0.717) is 12.4 Å². The van der Waals surface area contributed by atoms with Gasteiger partial charge < -0.3 is 10.5 Å². The first-order valence-electron chi connectivity index (χ1n) is 5.30. The quantitative estimate of drug-likeness (QED) is 0.911. The molecule has 0 spiro atoms. The predicted molar refractivity (Wildman–Crippen MR) is 71.7 cm³/mol. The van der Waals surface area contributed by atoms with Crippen LogP contribution < -0.4 is 5.73 Å². The van der Waals surface area contributed by atoms with Crippen molar-refractivity contribution in [2.75, 3.05) is 19.5 Å². The van der Waals surface area contributed by atoms with Crippen LogP contribution in [0.1, 0.15) is 5.69 Å². The van der Waals surface area contributed by atoms with E-state index in [4.69, 9.17) is 10.5 Å². The summed E-state index contributed by atoms with van der Waals surface area (Å²) in [6.45, 7) is 0.638. The number of nitrogens with two attached hydrogens (primary N) is 1. The predicted octanol–water partition coefficient (Wildman–Crippen LogP) is 2.61. The molecule has 4 nitrogen and oxygen atoms in total. The van der Waals surface area contributed by atoms with Gasteiger partial charge in [-0.25, -0.2) is 0 Å². The lowest BCUT2D eigenvalue weighted by Gasteiger charge is -2.06. The average Bonchev–Trinajstić information content (AvgIpc) is 2.69. The van der Waals surface area contributed by atoms with Crippen molar-refractivity contribution in [2.45, 2.75) is 6.42 Å². The highest BCUT2D eigenvalue weighted by atomic mass is 79.9. The molecule has 2 aromatic rings. The Balaban J connectivity index is 2.44. The number of anilines is 1. The largest absolute Gasteiger partial charge is 0.384 e. The fourth-order valence-electron chi connectivity index (χ4n) is 1.74. The second kappa shape index (κ2) is 5.33. The topological polar surface area (TPSA) is 63.9 Å². The van der Waals surface area contributed by atoms with Crippen molar-refractivity contribution in [3.63, 3.8) is 0 Å². The Bertz CT molecular complexity index is 510. The number of nitrogens with one attached hydrogen (secondary N) is 1. The van der Waals surface area contributed by atoms with Crippen molar-refractivity contribution in [2.24, 2.45) is 0 Å². The van der Waals surface area contributed by atoms with Gasteiger partial charge in [0.2, 0.25) is 0 Å². The molecule has 0 aliphatic rings. The van der Waals surface area contributed by atoms with E-state index in [1.165, 1.54) is 0 Å². The van der Waals surface area contributed by atoms with Crippen molar-refractivity contribution in [1.29, 1.82) is 0 Å². The third-order valence-corrected chi connectivity index (χ3v) is 3.26. The lowest BCUT2D eigenvalue weighted by Crippen LogP contribution is -1.97. The van der Waals surface area contributed by atoms with Crippen molar-refractivity contribution in [1.82, 2.24) is 10.2 Å². The van der Waals surface area contributed by atoms with Gasteiger partial charge in [-0.05, 0) is 6.07 Å². The normalized spacial score (nSPS) is 10.7. The molecular formula is C12H14BrN3O. The molecular weight excluding hydrogens is 282 g/mol. The summed E-state index contributed by atoms with van der Waals surface area (Å²) in [7, 11) is 1.68. The SMILES string of the molecule is COCCc1[nH]nc(N)c1-c1ccccc1Br. The number of rotatable bonds is 4. The van der Waals surface area contributed by atoms with Crippen LogP contribution in [0, 0.1) is 0 Å². The van der Waals surface area contributed by atoms with Gasteiger partial charge in [-0.2, -0.15) is 5.10 Å². The highest BCUT2D eigenvalue weighted by Gasteiger charge is 2.14. The second-order valence-corrected chi connectivity index (χ2v) is 4.54. The van der Waals surface area contributed by atoms with Crippen molar-refractivity contribution < 1.29 is 4.74 Å². The van der Waals surface area contributed by atoms with E-state index >= 15 is 0 Å². The summed E-state index contributed by atoms with van der Waals surface area (Å²) < 4.78 is 6.08. The Morgan fingerprint density at radius 1 is 1.41 bits per heavy atom. The van der Waals surface area contributed by atoms with Crippen LogP contribution in [0.5, 0.6) is 0 Å². The van der Waals surface area contributed by atoms with Crippen molar-refractivity contribution in [3.05, 3.63) is 34.4 Å². The molecule has 0 bridgehead atoms. The number of H-pyrrole nitrogens is 1. The standard InChI is InChI=1S/C12H14BrN3O/c1-17-7-6-10-11(12(14)16-15-10)8-4-2-3-5-9(8)13/h2-5H,6-7H2,1H3,(H3,14,15,16). The van der Waals surface area contributed by atoms with Crippen LogP contribution in [0.3, 0.4) is 0 Å². The van der Waals surface area contributed by atoms with Gasteiger partial charge in [0.25, 0.3) is 0 Å². The molecule has 1 aromatic carbocycles. The minimum Gasteiger partial charge on any atom is -0.384 e. The molecule has 1 aromatic heterocycles. The summed E-state index contributed by atoms with van der Waals surface area (Å²) in [6.07, 6.45) is 0.761. The summed E-state index contributed by atoms with van der Waals surface area (Å²) in [5, 5.41) is 7.02. The molecule has 0 amide bonds.